The Morgan fingerprint density at radius 1 is 1.07 bits per heavy atom. The summed E-state index contributed by atoms with van der Waals surface area (Å²) in [6.45, 7) is 1.58. The summed E-state index contributed by atoms with van der Waals surface area (Å²) in [4.78, 5) is 23.2. The van der Waals surface area contributed by atoms with Crippen molar-refractivity contribution in [2.24, 2.45) is 0 Å². The molecule has 0 spiro atoms. The van der Waals surface area contributed by atoms with Crippen LogP contribution in [-0.2, 0) is 11.2 Å². The summed E-state index contributed by atoms with van der Waals surface area (Å²) in [7, 11) is 0. The van der Waals surface area contributed by atoms with Crippen LogP contribution in [0.5, 0.6) is 0 Å². The van der Waals surface area contributed by atoms with E-state index in [9.17, 15) is 18.4 Å². The van der Waals surface area contributed by atoms with Gasteiger partial charge in [0.25, 0.3) is 0 Å². The second-order valence-electron chi connectivity index (χ2n) is 6.32. The largest absolute Gasteiger partial charge is 0.481 e. The maximum absolute atomic E-state index is 13.8. The summed E-state index contributed by atoms with van der Waals surface area (Å²) in [6.07, 6.45) is 0.650. The van der Waals surface area contributed by atoms with Crippen molar-refractivity contribution in [3.8, 4) is 0 Å². The van der Waals surface area contributed by atoms with Gasteiger partial charge in [0.2, 0.25) is 0 Å². The number of hydrogen-bond acceptors (Lipinski definition) is 2. The molecule has 2 rings (SSSR count). The lowest BCUT2D eigenvalue weighted by atomic mass is 10.0. The summed E-state index contributed by atoms with van der Waals surface area (Å²) in [5, 5.41) is 14.3. The number of hydrogen-bond donors (Lipinski definition) is 3. The van der Waals surface area contributed by atoms with Gasteiger partial charge in [-0.3, -0.25) is 4.79 Å². The van der Waals surface area contributed by atoms with Gasteiger partial charge in [0.1, 0.15) is 11.6 Å². The first-order valence-electron chi connectivity index (χ1n) is 8.63. The quantitative estimate of drug-likeness (QED) is 0.656. The molecule has 3 N–H and O–H groups in total. The molecule has 1 unspecified atom stereocenters. The highest BCUT2D eigenvalue weighted by Gasteiger charge is 2.18. The lowest BCUT2D eigenvalue weighted by Crippen LogP contribution is -2.44. The van der Waals surface area contributed by atoms with Crippen molar-refractivity contribution in [1.29, 1.82) is 0 Å². The van der Waals surface area contributed by atoms with Gasteiger partial charge in [0.15, 0.2) is 0 Å². The van der Waals surface area contributed by atoms with E-state index in [2.05, 4.69) is 10.6 Å². The monoisotopic (exact) mass is 376 g/mol. The van der Waals surface area contributed by atoms with E-state index in [4.69, 9.17) is 5.11 Å². The third-order valence-corrected chi connectivity index (χ3v) is 4.14. The van der Waals surface area contributed by atoms with Crippen LogP contribution in [0, 0.1) is 11.6 Å². The van der Waals surface area contributed by atoms with Crippen LogP contribution >= 0.6 is 0 Å². The minimum atomic E-state index is -0.947. The Morgan fingerprint density at radius 3 is 2.41 bits per heavy atom. The average Bonchev–Trinajstić information content (AvgIpc) is 2.60. The molecular formula is C20H22F2N2O3. The van der Waals surface area contributed by atoms with Crippen molar-refractivity contribution in [2.75, 3.05) is 0 Å². The molecule has 0 radical (unpaired) electrons. The fourth-order valence-corrected chi connectivity index (χ4v) is 2.78. The van der Waals surface area contributed by atoms with Crippen LogP contribution < -0.4 is 10.6 Å². The van der Waals surface area contributed by atoms with Crippen molar-refractivity contribution in [3.63, 3.8) is 0 Å². The molecule has 0 heterocycles. The lowest BCUT2D eigenvalue weighted by molar-refractivity contribution is -0.137. The predicted molar refractivity (Wildman–Crippen MR) is 97.2 cm³/mol. The summed E-state index contributed by atoms with van der Waals surface area (Å²) in [5.41, 5.74) is 1.13. The first-order chi connectivity index (χ1) is 12.8. The van der Waals surface area contributed by atoms with E-state index in [-0.39, 0.29) is 18.4 Å². The highest BCUT2D eigenvalue weighted by Crippen LogP contribution is 2.17. The van der Waals surface area contributed by atoms with E-state index >= 15 is 0 Å². The molecule has 0 aromatic heterocycles. The number of amides is 2. The number of carboxylic acid groups (broad SMARTS) is 1. The molecule has 0 saturated carbocycles. The number of halogens is 2. The first kappa shape index (κ1) is 20.4. The van der Waals surface area contributed by atoms with Gasteiger partial charge in [-0.05, 0) is 31.4 Å². The molecule has 2 aromatic rings. The standard InChI is InChI=1S/C20H22F2N2O3/c1-13(17-9-7-15(21)12-18(17)22)23-20(27)24-16(8-10-19(25)26)11-14-5-3-2-4-6-14/h2-7,9,12-13,16H,8,10-11H2,1H3,(H,25,26)(H2,23,24,27)/t13-,16?/m1/s1. The van der Waals surface area contributed by atoms with Crippen LogP contribution in [-0.4, -0.2) is 23.1 Å². The second kappa shape index (κ2) is 9.66. The van der Waals surface area contributed by atoms with E-state index in [0.717, 1.165) is 17.7 Å². The number of rotatable bonds is 8. The highest BCUT2D eigenvalue weighted by atomic mass is 19.1. The van der Waals surface area contributed by atoms with Crippen LogP contribution in [0.2, 0.25) is 0 Å². The zero-order valence-corrected chi connectivity index (χ0v) is 14.9. The highest BCUT2D eigenvalue weighted by molar-refractivity contribution is 5.75. The van der Waals surface area contributed by atoms with Crippen LogP contribution in [0.1, 0.15) is 36.9 Å². The molecule has 5 nitrogen and oxygen atoms in total. The van der Waals surface area contributed by atoms with E-state index in [0.29, 0.717) is 6.42 Å². The minimum absolute atomic E-state index is 0.0834. The minimum Gasteiger partial charge on any atom is -0.481 e. The zero-order valence-electron chi connectivity index (χ0n) is 14.9. The molecule has 2 amide bonds. The van der Waals surface area contributed by atoms with Crippen molar-refractivity contribution in [3.05, 3.63) is 71.3 Å². The number of carbonyl (C=O) groups is 2. The second-order valence-corrected chi connectivity index (χ2v) is 6.32. The number of nitrogens with one attached hydrogen (secondary N) is 2. The Bertz CT molecular complexity index is 784. The molecule has 0 aliphatic heterocycles. The van der Waals surface area contributed by atoms with Gasteiger partial charge in [-0.2, -0.15) is 0 Å². The van der Waals surface area contributed by atoms with E-state index < -0.39 is 35.7 Å². The fraction of sp³-hybridized carbons (Fsp3) is 0.300. The van der Waals surface area contributed by atoms with Crippen molar-refractivity contribution in [2.45, 2.75) is 38.3 Å². The van der Waals surface area contributed by atoms with Crippen molar-refractivity contribution < 1.29 is 23.5 Å². The molecule has 144 valence electrons. The molecule has 27 heavy (non-hydrogen) atoms. The van der Waals surface area contributed by atoms with Gasteiger partial charge in [-0.25, -0.2) is 13.6 Å². The molecule has 2 aromatic carbocycles. The molecule has 7 heteroatoms. The van der Waals surface area contributed by atoms with Gasteiger partial charge in [0, 0.05) is 24.1 Å². The molecule has 2 atom stereocenters. The Kier molecular flexibility index (Phi) is 7.28. The number of carbonyl (C=O) groups excluding carboxylic acids is 1. The Balaban J connectivity index is 1.99. The zero-order chi connectivity index (χ0) is 19.8. The topological polar surface area (TPSA) is 78.4 Å². The van der Waals surface area contributed by atoms with E-state index in [1.165, 1.54) is 6.07 Å². The van der Waals surface area contributed by atoms with Crippen LogP contribution in [0.15, 0.2) is 48.5 Å². The van der Waals surface area contributed by atoms with Gasteiger partial charge >= 0.3 is 12.0 Å². The van der Waals surface area contributed by atoms with Gasteiger partial charge in [-0.1, -0.05) is 36.4 Å². The van der Waals surface area contributed by atoms with Crippen molar-refractivity contribution >= 4 is 12.0 Å². The summed E-state index contributed by atoms with van der Waals surface area (Å²) in [5.74, 6) is -2.38. The Morgan fingerprint density at radius 2 is 1.78 bits per heavy atom. The Labute approximate surface area is 156 Å². The van der Waals surface area contributed by atoms with E-state index in [1.54, 1.807) is 6.92 Å². The predicted octanol–water partition coefficient (Wildman–Crippen LogP) is 3.80. The third-order valence-electron chi connectivity index (χ3n) is 4.14. The maximum Gasteiger partial charge on any atom is 0.315 e. The summed E-state index contributed by atoms with van der Waals surface area (Å²) in [6, 6.07) is 10.9. The van der Waals surface area contributed by atoms with Crippen LogP contribution in [0.4, 0.5) is 13.6 Å². The molecule has 0 aliphatic carbocycles. The molecule has 0 aliphatic rings. The van der Waals surface area contributed by atoms with Crippen molar-refractivity contribution in [1.82, 2.24) is 10.6 Å². The normalized spacial score (nSPS) is 12.9. The lowest BCUT2D eigenvalue weighted by Gasteiger charge is -2.21. The number of urea groups is 1. The van der Waals surface area contributed by atoms with Gasteiger partial charge < -0.3 is 15.7 Å². The molecular weight excluding hydrogens is 354 g/mol. The fourth-order valence-electron chi connectivity index (χ4n) is 2.78. The first-order valence-corrected chi connectivity index (χ1v) is 8.63. The number of aliphatic carboxylic acids is 1. The number of benzene rings is 2. The van der Waals surface area contributed by atoms with Crippen LogP contribution in [0.25, 0.3) is 0 Å². The molecule has 0 saturated heterocycles. The van der Waals surface area contributed by atoms with Gasteiger partial charge in [0.05, 0.1) is 6.04 Å². The SMILES string of the molecule is C[C@@H](NC(=O)NC(CCC(=O)O)Cc1ccccc1)c1ccc(F)cc1F. The van der Waals surface area contributed by atoms with Gasteiger partial charge in [-0.15, -0.1) is 0 Å². The Hall–Kier alpha value is -2.96. The molecule has 0 bridgehead atoms. The van der Waals surface area contributed by atoms with E-state index in [1.807, 2.05) is 30.3 Å². The smallest absolute Gasteiger partial charge is 0.315 e. The summed E-state index contributed by atoms with van der Waals surface area (Å²) < 4.78 is 26.8. The van der Waals surface area contributed by atoms with Crippen LogP contribution in [0.3, 0.4) is 0 Å². The molecule has 0 fully saturated rings. The number of carboxylic acids is 1. The average molecular weight is 376 g/mol. The summed E-state index contributed by atoms with van der Waals surface area (Å²) >= 11 is 0. The third kappa shape index (κ3) is 6.69. The maximum atomic E-state index is 13.8.